The van der Waals surface area contributed by atoms with Crippen LogP contribution in [0.2, 0.25) is 0 Å². The average Bonchev–Trinajstić information content (AvgIpc) is 2.98. The highest BCUT2D eigenvalue weighted by Crippen LogP contribution is 2.42. The molecule has 2 aromatic carbocycles. The molecule has 1 heterocycles. The highest BCUT2D eigenvalue weighted by molar-refractivity contribution is 5.90. The largest absolute Gasteiger partial charge is 0.457 e. The van der Waals surface area contributed by atoms with Gasteiger partial charge in [-0.1, -0.05) is 59.1 Å². The van der Waals surface area contributed by atoms with Crippen molar-refractivity contribution in [2.75, 3.05) is 31.6 Å². The summed E-state index contributed by atoms with van der Waals surface area (Å²) in [4.78, 5) is 30.9. The van der Waals surface area contributed by atoms with Crippen LogP contribution in [0.15, 0.2) is 48.5 Å². The van der Waals surface area contributed by atoms with Crippen molar-refractivity contribution >= 4 is 17.4 Å². The van der Waals surface area contributed by atoms with Gasteiger partial charge >= 0.3 is 0 Å². The Morgan fingerprint density at radius 1 is 0.952 bits per heavy atom. The summed E-state index contributed by atoms with van der Waals surface area (Å²) in [5.74, 6) is 2.43. The van der Waals surface area contributed by atoms with Gasteiger partial charge in [0.05, 0.1) is 11.5 Å². The molecule has 1 fully saturated rings. The van der Waals surface area contributed by atoms with Crippen LogP contribution in [-0.4, -0.2) is 49.3 Å². The number of nitrogens with zero attached hydrogens (tertiary/aromatic N) is 2. The number of likely N-dealkylation sites (tertiary alicyclic amines) is 1. The van der Waals surface area contributed by atoms with E-state index in [9.17, 15) is 9.59 Å². The zero-order valence-corrected chi connectivity index (χ0v) is 27.2. The first kappa shape index (κ1) is 33.6. The van der Waals surface area contributed by atoms with Gasteiger partial charge in [0, 0.05) is 25.8 Å². The molecule has 0 aromatic heterocycles. The molecule has 3 rings (SSSR count). The second-order valence-corrected chi connectivity index (χ2v) is 12.8. The number of piperidine rings is 1. The number of unbranched alkanes of at least 4 members (excludes halogenated alkanes) is 2. The number of hydrogen-bond acceptors (Lipinski definition) is 5. The van der Waals surface area contributed by atoms with E-state index in [1.165, 1.54) is 24.1 Å². The van der Waals surface area contributed by atoms with Crippen LogP contribution in [0.1, 0.15) is 92.1 Å². The minimum atomic E-state index is -0.423. The van der Waals surface area contributed by atoms with Gasteiger partial charge in [-0.15, -0.1) is 0 Å². The molecule has 1 amide bonds. The van der Waals surface area contributed by atoms with Gasteiger partial charge in [-0.3, -0.25) is 14.5 Å². The molecule has 232 valence electrons. The van der Waals surface area contributed by atoms with Gasteiger partial charge in [0.2, 0.25) is 5.91 Å². The number of ether oxygens (including phenoxy) is 1. The predicted molar refractivity (Wildman–Crippen MR) is 174 cm³/mol. The van der Waals surface area contributed by atoms with Crippen LogP contribution in [0.25, 0.3) is 0 Å². The third kappa shape index (κ3) is 9.32. The van der Waals surface area contributed by atoms with Crippen molar-refractivity contribution in [1.82, 2.24) is 10.2 Å². The van der Waals surface area contributed by atoms with E-state index < -0.39 is 11.5 Å². The Labute approximate surface area is 255 Å². The lowest BCUT2D eigenvalue weighted by molar-refractivity contribution is -0.141. The van der Waals surface area contributed by atoms with E-state index in [4.69, 9.17) is 4.74 Å². The normalized spacial score (nSPS) is 16.6. The first-order valence-corrected chi connectivity index (χ1v) is 16.2. The van der Waals surface area contributed by atoms with Crippen molar-refractivity contribution in [2.45, 2.75) is 99.1 Å². The van der Waals surface area contributed by atoms with Gasteiger partial charge in [-0.2, -0.15) is 0 Å². The lowest BCUT2D eigenvalue weighted by Crippen LogP contribution is -2.55. The Bertz CT molecular complexity index is 1100. The fraction of sp³-hybridized carbons (Fsp3) is 0.611. The zero-order chi connectivity index (χ0) is 30.7. The monoisotopic (exact) mass is 577 g/mol. The number of amides is 1. The summed E-state index contributed by atoms with van der Waals surface area (Å²) in [6.45, 7) is 16.0. The molecule has 42 heavy (non-hydrogen) atoms. The van der Waals surface area contributed by atoms with Gasteiger partial charge in [0.25, 0.3) is 0 Å². The molecule has 0 aliphatic carbocycles. The fourth-order valence-electron chi connectivity index (χ4n) is 6.14. The van der Waals surface area contributed by atoms with Crippen molar-refractivity contribution in [1.29, 1.82) is 0 Å². The average molecular weight is 578 g/mol. The maximum Gasteiger partial charge on any atom is 0.227 e. The Morgan fingerprint density at radius 3 is 2.07 bits per heavy atom. The minimum Gasteiger partial charge on any atom is -0.457 e. The summed E-state index contributed by atoms with van der Waals surface area (Å²) in [5, 5.41) is 3.21. The van der Waals surface area contributed by atoms with Crippen LogP contribution < -0.4 is 15.0 Å². The molecule has 2 aromatic rings. The van der Waals surface area contributed by atoms with E-state index in [0.29, 0.717) is 12.3 Å². The fourth-order valence-corrected chi connectivity index (χ4v) is 6.14. The predicted octanol–water partition coefficient (Wildman–Crippen LogP) is 7.85. The van der Waals surface area contributed by atoms with E-state index >= 15 is 0 Å². The third-order valence-corrected chi connectivity index (χ3v) is 9.20. The van der Waals surface area contributed by atoms with Crippen molar-refractivity contribution in [2.24, 2.45) is 17.3 Å². The SMILES string of the molecule is CCCCCC(C)C1(C(=O)N[C@@H](CC(C)C)C(C)=O)CCN(Cc2ccc(Oc3ccc(N(C)CC)cc3)cc2)CC1. The van der Waals surface area contributed by atoms with Crippen LogP contribution in [0.3, 0.4) is 0 Å². The number of hydrogen-bond donors (Lipinski definition) is 1. The maximum absolute atomic E-state index is 13.9. The Morgan fingerprint density at radius 2 is 1.55 bits per heavy atom. The van der Waals surface area contributed by atoms with E-state index in [1.54, 1.807) is 6.92 Å². The molecule has 0 saturated carbocycles. The van der Waals surface area contributed by atoms with Crippen molar-refractivity contribution in [3.05, 3.63) is 54.1 Å². The van der Waals surface area contributed by atoms with Crippen molar-refractivity contribution in [3.63, 3.8) is 0 Å². The highest BCUT2D eigenvalue weighted by atomic mass is 16.5. The topological polar surface area (TPSA) is 61.9 Å². The van der Waals surface area contributed by atoms with Gasteiger partial charge < -0.3 is 15.0 Å². The molecule has 2 atom stereocenters. The van der Waals surface area contributed by atoms with Crippen LogP contribution in [0.5, 0.6) is 11.5 Å². The minimum absolute atomic E-state index is 0.0526. The molecule has 1 N–H and O–H groups in total. The third-order valence-electron chi connectivity index (χ3n) is 9.20. The standard InChI is InChI=1S/C36H55N3O3/c1-8-10-11-12-28(5)36(35(41)37-34(29(6)40)25-27(3)4)21-23-39(24-22-36)26-30-13-17-32(18-14-30)42-33-19-15-31(16-20-33)38(7)9-2/h13-20,27-28,34H,8-12,21-26H2,1-7H3,(H,37,41)/t28?,34-/m0/s1. The number of nitrogens with one attached hydrogen (secondary N) is 1. The summed E-state index contributed by atoms with van der Waals surface area (Å²) in [7, 11) is 2.08. The van der Waals surface area contributed by atoms with Crippen molar-refractivity contribution < 1.29 is 14.3 Å². The Hall–Kier alpha value is -2.86. The summed E-state index contributed by atoms with van der Waals surface area (Å²) < 4.78 is 6.08. The number of carbonyl (C=O) groups excluding carboxylic acids is 2. The highest BCUT2D eigenvalue weighted by Gasteiger charge is 2.46. The molecule has 1 aliphatic heterocycles. The molecule has 0 radical (unpaired) electrons. The number of ketones is 1. The molecule has 1 aliphatic rings. The molecule has 0 bridgehead atoms. The van der Waals surface area contributed by atoms with Gasteiger partial charge in [-0.05, 0) is 106 Å². The maximum atomic E-state index is 13.9. The quantitative estimate of drug-likeness (QED) is 0.206. The lowest BCUT2D eigenvalue weighted by Gasteiger charge is -2.45. The first-order valence-electron chi connectivity index (χ1n) is 16.2. The molecular formula is C36H55N3O3. The molecule has 0 spiro atoms. The molecule has 6 nitrogen and oxygen atoms in total. The zero-order valence-electron chi connectivity index (χ0n) is 27.2. The van der Waals surface area contributed by atoms with Gasteiger partial charge in [-0.25, -0.2) is 0 Å². The molecular weight excluding hydrogens is 522 g/mol. The number of benzene rings is 2. The summed E-state index contributed by atoms with van der Waals surface area (Å²) >= 11 is 0. The first-order chi connectivity index (χ1) is 20.1. The van der Waals surface area contributed by atoms with E-state index in [2.05, 4.69) is 81.0 Å². The number of carbonyl (C=O) groups is 2. The number of Topliss-reactive ketones (excluding diaryl/α,β-unsaturated/α-hetero) is 1. The molecule has 1 unspecified atom stereocenters. The number of anilines is 1. The van der Waals surface area contributed by atoms with Gasteiger partial charge in [0.1, 0.15) is 11.5 Å². The smallest absolute Gasteiger partial charge is 0.227 e. The molecule has 1 saturated heterocycles. The lowest BCUT2D eigenvalue weighted by atomic mass is 9.66. The van der Waals surface area contributed by atoms with Crippen LogP contribution in [0, 0.1) is 17.3 Å². The Kier molecular flexibility index (Phi) is 12.9. The summed E-state index contributed by atoms with van der Waals surface area (Å²) in [6.07, 6.45) is 6.90. The Balaban J connectivity index is 1.62. The van der Waals surface area contributed by atoms with Gasteiger partial charge in [0.15, 0.2) is 5.78 Å². The van der Waals surface area contributed by atoms with E-state index in [-0.39, 0.29) is 17.6 Å². The molecule has 6 heteroatoms. The van der Waals surface area contributed by atoms with E-state index in [1.807, 2.05) is 24.3 Å². The van der Waals surface area contributed by atoms with E-state index in [0.717, 1.165) is 63.4 Å². The van der Waals surface area contributed by atoms with Crippen LogP contribution >= 0.6 is 0 Å². The second kappa shape index (κ2) is 16.1. The summed E-state index contributed by atoms with van der Waals surface area (Å²) in [5.41, 5.74) is 1.99. The van der Waals surface area contributed by atoms with Crippen LogP contribution in [0.4, 0.5) is 5.69 Å². The van der Waals surface area contributed by atoms with Crippen molar-refractivity contribution in [3.8, 4) is 11.5 Å². The summed E-state index contributed by atoms with van der Waals surface area (Å²) in [6, 6.07) is 16.1. The van der Waals surface area contributed by atoms with Crippen LogP contribution in [-0.2, 0) is 16.1 Å². The number of rotatable bonds is 16. The second-order valence-electron chi connectivity index (χ2n) is 12.8.